The monoisotopic (exact) mass is 1490 g/mol. The van der Waals surface area contributed by atoms with Gasteiger partial charge in [-0.3, -0.25) is 0 Å². The third-order valence-corrected chi connectivity index (χ3v) is 55.4. The lowest BCUT2D eigenvalue weighted by atomic mass is 10.3. The number of rotatable bonds is 40. The Hall–Kier alpha value is -6.58. The molecule has 528 valence electrons. The molecule has 0 unspecified atom stereocenters. The van der Waals surface area contributed by atoms with E-state index in [2.05, 4.69) is 140 Å². The lowest BCUT2D eigenvalue weighted by molar-refractivity contribution is -0.0308. The zero-order chi connectivity index (χ0) is 68.0. The predicted octanol–water partition coefficient (Wildman–Crippen LogP) is 15.8. The van der Waals surface area contributed by atoms with Gasteiger partial charge in [0.2, 0.25) is 0 Å². The quantitative estimate of drug-likeness (QED) is 0.0133. The molecule has 8 aromatic carbocycles. The summed E-state index contributed by atoms with van der Waals surface area (Å²) in [6.07, 6.45) is 4.50. The third-order valence-electron chi connectivity index (χ3n) is 17.8. The zero-order valence-corrected chi connectivity index (χ0v) is 65.0. The molecule has 8 N–H and O–H groups in total. The van der Waals surface area contributed by atoms with Gasteiger partial charge in [0.25, 0.3) is 0 Å². The summed E-state index contributed by atoms with van der Waals surface area (Å²) in [5, 5.41) is 29.6. The van der Waals surface area contributed by atoms with Crippen LogP contribution in [0, 0.1) is 0 Å². The molecule has 0 spiro atoms. The van der Waals surface area contributed by atoms with E-state index in [-0.39, 0.29) is 0 Å². The van der Waals surface area contributed by atoms with Crippen LogP contribution >= 0.6 is 0 Å². The van der Waals surface area contributed by atoms with Crippen LogP contribution in [0.2, 0.25) is 48.4 Å². The molecular formula is C72H96N8O12Si8. The lowest BCUT2D eigenvalue weighted by Crippen LogP contribution is -2.88. The van der Waals surface area contributed by atoms with Crippen LogP contribution in [-0.2, 0) is 49.4 Å². The smallest absolute Gasteiger partial charge is 0.385 e. The van der Waals surface area contributed by atoms with E-state index in [0.717, 1.165) is 45.5 Å². The van der Waals surface area contributed by atoms with Gasteiger partial charge < -0.3 is 91.9 Å². The first kappa shape index (κ1) is 71.8. The molecule has 28 heteroatoms. The molecular weight excluding hydrogens is 1390 g/mol. The van der Waals surface area contributed by atoms with E-state index in [0.29, 0.717) is 152 Å². The lowest BCUT2D eigenvalue weighted by Gasteiger charge is -2.63. The highest BCUT2D eigenvalue weighted by Gasteiger charge is 2.83. The van der Waals surface area contributed by atoms with E-state index in [9.17, 15) is 0 Å². The minimum absolute atomic E-state index is 0.320. The van der Waals surface area contributed by atoms with Crippen LogP contribution in [-0.4, -0.2) is 123 Å². The Labute approximate surface area is 598 Å². The Morgan fingerprint density at radius 2 is 0.250 bits per heavy atom. The maximum absolute atomic E-state index is 8.40. The first-order chi connectivity index (χ1) is 49.1. The molecule has 0 aromatic heterocycles. The molecule has 0 aliphatic carbocycles. The highest BCUT2D eigenvalue weighted by Crippen LogP contribution is 2.55. The van der Waals surface area contributed by atoms with Crippen LogP contribution in [0.3, 0.4) is 0 Å². The number of hydrogen-bond acceptors (Lipinski definition) is 20. The standard InChI is InChI=1S/C72H96N8O12Si8/c1-9-33-65(34-10-1)73-49-25-57-93-81-94(58-26-50-74-66-35-11-2-12-36-66)84-97(61-29-53-77-69-41-17-5-18-42-69)86-95(82-93,59-27-51-75-67-37-13-3-14-38-67)88-99(63-31-55-79-71-45-21-7-22-46-71)89-96(83-93,60-28-52-76-68-39-15-4-16-40-68)87-98(85-94,62-30-54-78-70-43-19-6-20-44-70)91-100(90-97,92-99)64-32-56-80-72-47-23-8-24-48-72/h1-24,33-48,73-80H,25-32,49-64H2. The first-order valence-corrected chi connectivity index (χ1v) is 51.3. The third kappa shape index (κ3) is 20.0. The van der Waals surface area contributed by atoms with Crippen molar-refractivity contribution in [2.45, 2.75) is 99.7 Å². The molecule has 0 saturated carbocycles. The van der Waals surface area contributed by atoms with Crippen molar-refractivity contribution in [3.63, 3.8) is 0 Å². The number of para-hydroxylation sites is 8. The Morgan fingerprint density at radius 3 is 0.350 bits per heavy atom. The van der Waals surface area contributed by atoms with Gasteiger partial charge in [-0.1, -0.05) is 146 Å². The van der Waals surface area contributed by atoms with Gasteiger partial charge in [-0.2, -0.15) is 0 Å². The maximum Gasteiger partial charge on any atom is 0.478 e. The number of nitrogens with one attached hydrogen (secondary N) is 8. The van der Waals surface area contributed by atoms with Gasteiger partial charge in [0.15, 0.2) is 0 Å². The van der Waals surface area contributed by atoms with Crippen LogP contribution in [0.25, 0.3) is 0 Å². The van der Waals surface area contributed by atoms with Crippen molar-refractivity contribution in [1.82, 2.24) is 0 Å². The SMILES string of the molecule is c1ccc(NCCC[Si]23O[Si]4(CCCNc5ccccc5)O[Si]5(CCCNc6ccccc6)O[Si](CCCNc6ccccc6)(O2)O[Si]2(CCCNc6ccccc6)O[Si](CCCNc6ccccc6)(O3)O[Si](CCCNc3ccccc3)(O4)O[Si](CCCNc3ccccc3)(O5)O2)cc1. The van der Waals surface area contributed by atoms with Crippen molar-refractivity contribution in [2.24, 2.45) is 0 Å². The normalized spacial score (nSPS) is 26.4. The minimum Gasteiger partial charge on any atom is -0.385 e. The summed E-state index contributed by atoms with van der Waals surface area (Å²) in [5.41, 5.74) is 7.97. The van der Waals surface area contributed by atoms with Gasteiger partial charge >= 0.3 is 70.4 Å². The summed E-state index contributed by atoms with van der Waals surface area (Å²) in [6.45, 7) is 4.53. The Morgan fingerprint density at radius 1 is 0.150 bits per heavy atom. The molecule has 100 heavy (non-hydrogen) atoms. The molecule has 6 saturated heterocycles. The van der Waals surface area contributed by atoms with Crippen molar-refractivity contribution in [3.8, 4) is 0 Å². The average molecular weight is 1490 g/mol. The van der Waals surface area contributed by atoms with E-state index in [1.54, 1.807) is 0 Å². The second-order valence-corrected chi connectivity index (χ2v) is 50.6. The highest BCUT2D eigenvalue weighted by molar-refractivity contribution is 7.03. The van der Waals surface area contributed by atoms with Crippen LogP contribution in [0.15, 0.2) is 243 Å². The molecule has 20 nitrogen and oxygen atoms in total. The molecule has 0 amide bonds. The highest BCUT2D eigenvalue weighted by atomic mass is 28.6. The van der Waals surface area contributed by atoms with E-state index in [4.69, 9.17) is 49.4 Å². The molecule has 6 heterocycles. The molecule has 0 atom stereocenters. The Balaban J connectivity index is 0.986. The minimum atomic E-state index is -4.40. The van der Waals surface area contributed by atoms with Gasteiger partial charge in [0.05, 0.1) is 0 Å². The number of hydrogen-bond donors (Lipinski definition) is 8. The van der Waals surface area contributed by atoms with Crippen molar-refractivity contribution in [2.75, 3.05) is 94.9 Å². The van der Waals surface area contributed by atoms with E-state index in [1.165, 1.54) is 0 Å². The predicted molar refractivity (Wildman–Crippen MR) is 414 cm³/mol. The fourth-order valence-corrected chi connectivity index (χ4v) is 63.7. The van der Waals surface area contributed by atoms with Gasteiger partial charge in [0.1, 0.15) is 0 Å². The molecule has 6 fully saturated rings. The van der Waals surface area contributed by atoms with Crippen molar-refractivity contribution >= 4 is 116 Å². The number of anilines is 8. The Bertz CT molecular complexity index is 2920. The first-order valence-electron chi connectivity index (χ1n) is 35.8. The molecule has 14 rings (SSSR count). The second kappa shape index (κ2) is 34.6. The van der Waals surface area contributed by atoms with Crippen molar-refractivity contribution in [3.05, 3.63) is 243 Å². The van der Waals surface area contributed by atoms with Crippen LogP contribution in [0.5, 0.6) is 0 Å². The molecule has 8 aromatic rings. The summed E-state index contributed by atoms with van der Waals surface area (Å²) >= 11 is 0. The molecule has 6 aliphatic heterocycles. The van der Waals surface area contributed by atoms with E-state index < -0.39 is 70.4 Å². The summed E-state index contributed by atoms with van der Waals surface area (Å²) in [6, 6.07) is 84.7. The summed E-state index contributed by atoms with van der Waals surface area (Å²) < 4.78 is 101. The Kier molecular flexibility index (Phi) is 24.8. The van der Waals surface area contributed by atoms with E-state index in [1.807, 2.05) is 146 Å². The van der Waals surface area contributed by atoms with Crippen LogP contribution < -0.4 is 42.5 Å². The fourth-order valence-electron chi connectivity index (χ4n) is 13.3. The van der Waals surface area contributed by atoms with Crippen molar-refractivity contribution < 1.29 is 49.4 Å². The number of benzene rings is 8. The summed E-state index contributed by atoms with van der Waals surface area (Å²) in [7, 11) is -35.2. The van der Waals surface area contributed by atoms with Crippen LogP contribution in [0.1, 0.15) is 51.4 Å². The fraction of sp³-hybridized carbons (Fsp3) is 0.333. The summed E-state index contributed by atoms with van der Waals surface area (Å²) in [5.74, 6) is 0. The molecule has 6 aliphatic rings. The zero-order valence-electron chi connectivity index (χ0n) is 57.0. The van der Waals surface area contributed by atoms with Crippen molar-refractivity contribution in [1.29, 1.82) is 0 Å². The molecule has 8 bridgehead atoms. The van der Waals surface area contributed by atoms with E-state index >= 15 is 0 Å². The molecule has 0 radical (unpaired) electrons. The van der Waals surface area contributed by atoms with Gasteiger partial charge in [-0.15, -0.1) is 0 Å². The van der Waals surface area contributed by atoms with Gasteiger partial charge in [-0.25, -0.2) is 0 Å². The largest absolute Gasteiger partial charge is 0.478 e. The topological polar surface area (TPSA) is 207 Å². The van der Waals surface area contributed by atoms with Gasteiger partial charge in [-0.05, 0) is 148 Å². The maximum atomic E-state index is 8.40. The van der Waals surface area contributed by atoms with Gasteiger partial charge in [0, 0.05) is 146 Å². The summed E-state index contributed by atoms with van der Waals surface area (Å²) in [4.78, 5) is 0. The van der Waals surface area contributed by atoms with Crippen LogP contribution in [0.4, 0.5) is 45.5 Å². The second-order valence-electron chi connectivity index (χ2n) is 25.9. The average Bonchev–Trinajstić information content (AvgIpc) is 0.688.